The fourth-order valence-corrected chi connectivity index (χ4v) is 15.3. The maximum atomic E-state index is 12.1. The van der Waals surface area contributed by atoms with Gasteiger partial charge in [0.1, 0.15) is 0 Å². The van der Waals surface area contributed by atoms with E-state index in [9.17, 15) is 14.4 Å². The lowest BCUT2D eigenvalue weighted by molar-refractivity contribution is -0.0971. The average Bonchev–Trinajstić information content (AvgIpc) is 2.81. The smallest absolute Gasteiger partial charge is 0.397 e. The fourth-order valence-electron chi connectivity index (χ4n) is 5.24. The third-order valence-corrected chi connectivity index (χ3v) is 17.2. The molecule has 0 amide bonds. The van der Waals surface area contributed by atoms with Gasteiger partial charge in [0.2, 0.25) is 0 Å². The predicted octanol–water partition coefficient (Wildman–Crippen LogP) is 5.95. The summed E-state index contributed by atoms with van der Waals surface area (Å²) in [5.74, 6) is 0. The van der Waals surface area contributed by atoms with Crippen molar-refractivity contribution in [2.24, 2.45) is 5.73 Å². The molecule has 4 N–H and O–H groups in total. The molecule has 3 atom stereocenters. The first-order chi connectivity index (χ1) is 16.8. The molecular formula is C25H58NO8PSi2. The Morgan fingerprint density at radius 1 is 0.784 bits per heavy atom. The largest absolute Gasteiger partial charge is 0.501 e. The van der Waals surface area contributed by atoms with Gasteiger partial charge in [-0.2, -0.15) is 0 Å². The van der Waals surface area contributed by atoms with E-state index in [0.29, 0.717) is 38.3 Å². The predicted molar refractivity (Wildman–Crippen MR) is 155 cm³/mol. The van der Waals surface area contributed by atoms with Gasteiger partial charge in [-0.1, -0.05) is 34.6 Å². The number of hydrogen-bond donors (Lipinski definition) is 3. The van der Waals surface area contributed by atoms with Gasteiger partial charge in [-0.15, -0.1) is 0 Å². The number of nitrogens with two attached hydrogens (primary N) is 1. The second kappa shape index (κ2) is 14.3. The van der Waals surface area contributed by atoms with E-state index in [2.05, 4.69) is 34.6 Å². The van der Waals surface area contributed by atoms with Crippen LogP contribution in [0.25, 0.3) is 0 Å². The highest BCUT2D eigenvalue weighted by Gasteiger charge is 2.67. The lowest BCUT2D eigenvalue weighted by atomic mass is 9.81. The monoisotopic (exact) mass is 587 g/mol. The van der Waals surface area contributed by atoms with Crippen molar-refractivity contribution in [3.63, 3.8) is 0 Å². The summed E-state index contributed by atoms with van der Waals surface area (Å²) in [5.41, 5.74) is 4.05. The summed E-state index contributed by atoms with van der Waals surface area (Å²) in [7, 11) is -7.72. The van der Waals surface area contributed by atoms with E-state index in [1.165, 1.54) is 0 Å². The second-order valence-electron chi connectivity index (χ2n) is 11.8. The van der Waals surface area contributed by atoms with Crippen LogP contribution in [-0.4, -0.2) is 70.9 Å². The summed E-state index contributed by atoms with van der Waals surface area (Å²) in [6.07, 6.45) is 3.00. The summed E-state index contributed by atoms with van der Waals surface area (Å²) >= 11 is 0. The van der Waals surface area contributed by atoms with Gasteiger partial charge >= 0.3 is 25.0 Å². The summed E-state index contributed by atoms with van der Waals surface area (Å²) in [6, 6.07) is 0.696. The fraction of sp³-hybridized carbons (Fsp3) is 1.00. The highest BCUT2D eigenvalue weighted by molar-refractivity contribution is 7.51. The van der Waals surface area contributed by atoms with Gasteiger partial charge in [0.25, 0.3) is 0 Å². The van der Waals surface area contributed by atoms with Crippen LogP contribution < -0.4 is 5.73 Å². The lowest BCUT2D eigenvalue weighted by Gasteiger charge is -2.58. The van der Waals surface area contributed by atoms with Gasteiger partial charge in [0.15, 0.2) is 0 Å². The molecule has 37 heavy (non-hydrogen) atoms. The summed E-state index contributed by atoms with van der Waals surface area (Å²) < 4.78 is 45.4. The van der Waals surface area contributed by atoms with Crippen LogP contribution >= 0.6 is 7.60 Å². The molecule has 0 saturated carbocycles. The zero-order valence-electron chi connectivity index (χ0n) is 25.7. The van der Waals surface area contributed by atoms with E-state index in [1.807, 2.05) is 34.6 Å². The van der Waals surface area contributed by atoms with Crippen molar-refractivity contribution in [2.75, 3.05) is 26.9 Å². The Hall–Kier alpha value is 0.344. The molecule has 0 aromatic carbocycles. The molecule has 224 valence electrons. The molecule has 0 rings (SSSR count). The standard InChI is InChI=1S/C25H58NO8PSi2/c1-13-23(8,9)33-37(31-12,20-17-18-26)34-25(15-3,16-4)24(10,14-2)36(30-11,32-22(5,6)7)21-19-35(27,28)29/h13-21,26H2,1-12H3,(H2,27,28,29). The molecule has 0 aromatic heterocycles. The Kier molecular flexibility index (Phi) is 14.4. The maximum Gasteiger partial charge on any atom is 0.501 e. The first kappa shape index (κ1) is 37.3. The van der Waals surface area contributed by atoms with Crippen molar-refractivity contribution in [2.45, 2.75) is 135 Å². The molecule has 12 heteroatoms. The molecule has 0 saturated heterocycles. The van der Waals surface area contributed by atoms with E-state index in [-0.39, 0.29) is 12.2 Å². The van der Waals surface area contributed by atoms with Gasteiger partial charge in [0.05, 0.1) is 23.0 Å². The Bertz CT molecular complexity index is 728. The summed E-state index contributed by atoms with van der Waals surface area (Å²) in [6.45, 7) is 20.8. The van der Waals surface area contributed by atoms with Crippen LogP contribution in [0.3, 0.4) is 0 Å². The molecule has 0 aliphatic heterocycles. The molecule has 3 unspecified atom stereocenters. The van der Waals surface area contributed by atoms with Crippen LogP contribution in [0.4, 0.5) is 0 Å². The first-order valence-electron chi connectivity index (χ1n) is 13.7. The third-order valence-electron chi connectivity index (χ3n) is 7.86. The van der Waals surface area contributed by atoms with Crippen molar-refractivity contribution in [1.82, 2.24) is 0 Å². The molecule has 0 bridgehead atoms. The van der Waals surface area contributed by atoms with Crippen LogP contribution in [0.15, 0.2) is 0 Å². The van der Waals surface area contributed by atoms with E-state index in [1.54, 1.807) is 14.2 Å². The molecule has 0 fully saturated rings. The third kappa shape index (κ3) is 9.74. The minimum atomic E-state index is -4.30. The Morgan fingerprint density at radius 2 is 1.32 bits per heavy atom. The topological polar surface area (TPSA) is 130 Å². The van der Waals surface area contributed by atoms with E-state index in [0.717, 1.165) is 6.42 Å². The zero-order chi connectivity index (χ0) is 29.4. The lowest BCUT2D eigenvalue weighted by Crippen LogP contribution is -2.67. The molecule has 0 aliphatic carbocycles. The SMILES string of the molecule is CCC(C)(C)O[Si](CCCN)(OC)OC(CC)(CC)C(C)(CC)[Si](CCP(=O)(O)O)(OC)OC(C)(C)C. The second-order valence-corrected chi connectivity index (χ2v) is 20.0. The van der Waals surface area contributed by atoms with E-state index >= 15 is 0 Å². The molecular weight excluding hydrogens is 529 g/mol. The van der Waals surface area contributed by atoms with Gasteiger partial charge in [-0.05, 0) is 73.3 Å². The zero-order valence-corrected chi connectivity index (χ0v) is 28.6. The van der Waals surface area contributed by atoms with Crippen molar-refractivity contribution in [3.05, 3.63) is 0 Å². The van der Waals surface area contributed by atoms with Crippen molar-refractivity contribution >= 4 is 25.0 Å². The number of hydrogen-bond acceptors (Lipinski definition) is 7. The Morgan fingerprint density at radius 3 is 1.65 bits per heavy atom. The van der Waals surface area contributed by atoms with Gasteiger partial charge < -0.3 is 37.7 Å². The van der Waals surface area contributed by atoms with E-state index in [4.69, 9.17) is 27.9 Å². The molecule has 0 spiro atoms. The minimum Gasteiger partial charge on any atom is -0.397 e. The van der Waals surface area contributed by atoms with Crippen molar-refractivity contribution in [1.29, 1.82) is 0 Å². The molecule has 0 aromatic rings. The molecule has 0 radical (unpaired) electrons. The van der Waals surface area contributed by atoms with Gasteiger partial charge in [0, 0.05) is 31.3 Å². The quantitative estimate of drug-likeness (QED) is 0.124. The van der Waals surface area contributed by atoms with Gasteiger partial charge in [-0.3, -0.25) is 4.57 Å². The van der Waals surface area contributed by atoms with Crippen molar-refractivity contribution in [3.8, 4) is 0 Å². The highest BCUT2D eigenvalue weighted by atomic mass is 31.2. The summed E-state index contributed by atoms with van der Waals surface area (Å²) in [4.78, 5) is 19.7. The maximum absolute atomic E-state index is 12.1. The van der Waals surface area contributed by atoms with Gasteiger partial charge in [-0.25, -0.2) is 0 Å². The first-order valence-corrected chi connectivity index (χ1v) is 19.5. The highest BCUT2D eigenvalue weighted by Crippen LogP contribution is 2.60. The average molecular weight is 588 g/mol. The van der Waals surface area contributed by atoms with Crippen molar-refractivity contribution < 1.29 is 36.5 Å². The summed E-state index contributed by atoms with van der Waals surface area (Å²) in [5, 5.41) is -0.708. The number of rotatable bonds is 19. The Labute approximate surface area is 229 Å². The van der Waals surface area contributed by atoms with Crippen LogP contribution in [0.2, 0.25) is 17.1 Å². The van der Waals surface area contributed by atoms with E-state index < -0.39 is 46.8 Å². The van der Waals surface area contributed by atoms with Crippen LogP contribution in [0.1, 0.15) is 101 Å². The van der Waals surface area contributed by atoms with Crippen LogP contribution in [0, 0.1) is 0 Å². The Balaban J connectivity index is 7.21. The van der Waals surface area contributed by atoms with Crippen LogP contribution in [-0.2, 0) is 26.7 Å². The molecule has 0 aliphatic rings. The minimum absolute atomic E-state index is 0.131. The van der Waals surface area contributed by atoms with Crippen LogP contribution in [0.5, 0.6) is 0 Å². The molecule has 9 nitrogen and oxygen atoms in total. The normalized spacial score (nSPS) is 18.8. The molecule has 0 heterocycles.